The van der Waals surface area contributed by atoms with Crippen LogP contribution in [0.5, 0.6) is 0 Å². The van der Waals surface area contributed by atoms with Gasteiger partial charge in [-0.15, -0.1) is 0 Å². The minimum absolute atomic E-state index is 0.00234. The first-order valence-electron chi connectivity index (χ1n) is 8.82. The highest BCUT2D eigenvalue weighted by Crippen LogP contribution is 2.26. The fourth-order valence-corrected chi connectivity index (χ4v) is 3.40. The Kier molecular flexibility index (Phi) is 5.34. The Morgan fingerprint density at radius 2 is 1.79 bits per heavy atom. The number of carbonyl (C=O) groups is 1. The van der Waals surface area contributed by atoms with Gasteiger partial charge in [0.15, 0.2) is 0 Å². The molecular weight excluding hydrogens is 409 g/mol. The van der Waals surface area contributed by atoms with E-state index < -0.39 is 11.5 Å². The Hall–Kier alpha value is -3.15. The van der Waals surface area contributed by atoms with Crippen LogP contribution in [0.1, 0.15) is 15.9 Å². The molecule has 0 saturated carbocycles. The lowest BCUT2D eigenvalue weighted by molar-refractivity contribution is 0.102. The number of pyridine rings is 2. The molecule has 0 spiro atoms. The molecular formula is C22H15Cl2N3O2. The highest BCUT2D eigenvalue weighted by atomic mass is 35.5. The molecule has 5 nitrogen and oxygen atoms in total. The third-order valence-corrected chi connectivity index (χ3v) is 5.02. The summed E-state index contributed by atoms with van der Waals surface area (Å²) >= 11 is 12.1. The van der Waals surface area contributed by atoms with Gasteiger partial charge in [-0.2, -0.15) is 0 Å². The van der Waals surface area contributed by atoms with Crippen LogP contribution in [0.2, 0.25) is 10.0 Å². The van der Waals surface area contributed by atoms with E-state index in [2.05, 4.69) is 10.3 Å². The Labute approximate surface area is 176 Å². The average Bonchev–Trinajstić information content (AvgIpc) is 2.73. The van der Waals surface area contributed by atoms with Crippen LogP contribution in [-0.4, -0.2) is 15.5 Å². The molecule has 0 aliphatic carbocycles. The summed E-state index contributed by atoms with van der Waals surface area (Å²) in [4.78, 5) is 30.4. The van der Waals surface area contributed by atoms with E-state index in [0.717, 1.165) is 5.56 Å². The topological polar surface area (TPSA) is 64.0 Å². The maximum atomic E-state index is 13.2. The fourth-order valence-electron chi connectivity index (χ4n) is 3.06. The molecule has 29 heavy (non-hydrogen) atoms. The van der Waals surface area contributed by atoms with E-state index in [4.69, 9.17) is 23.2 Å². The molecule has 1 N–H and O–H groups in total. The smallest absolute Gasteiger partial charge is 0.265 e. The molecule has 0 aliphatic heterocycles. The van der Waals surface area contributed by atoms with Crippen molar-refractivity contribution in [2.24, 2.45) is 0 Å². The molecule has 0 bridgehead atoms. The number of hydrogen-bond acceptors (Lipinski definition) is 3. The summed E-state index contributed by atoms with van der Waals surface area (Å²) in [6.07, 6.45) is 1.62. The highest BCUT2D eigenvalue weighted by molar-refractivity contribution is 6.35. The normalized spacial score (nSPS) is 10.8. The van der Waals surface area contributed by atoms with Gasteiger partial charge in [-0.05, 0) is 42.0 Å². The maximum Gasteiger partial charge on any atom is 0.265 e. The van der Waals surface area contributed by atoms with Gasteiger partial charge in [0.2, 0.25) is 0 Å². The minimum atomic E-state index is -0.563. The van der Waals surface area contributed by atoms with Crippen molar-refractivity contribution >= 4 is 45.8 Å². The molecule has 1 amide bonds. The van der Waals surface area contributed by atoms with Gasteiger partial charge >= 0.3 is 0 Å². The average molecular weight is 424 g/mol. The number of hydrogen-bond donors (Lipinski definition) is 1. The second-order valence-electron chi connectivity index (χ2n) is 6.43. The Morgan fingerprint density at radius 3 is 2.59 bits per heavy atom. The van der Waals surface area contributed by atoms with Crippen molar-refractivity contribution in [1.82, 2.24) is 9.55 Å². The number of benzene rings is 2. The molecule has 0 unspecified atom stereocenters. The van der Waals surface area contributed by atoms with Crippen LogP contribution in [0.15, 0.2) is 77.7 Å². The first-order chi connectivity index (χ1) is 14.0. The van der Waals surface area contributed by atoms with E-state index in [1.54, 1.807) is 30.5 Å². The lowest BCUT2D eigenvalue weighted by Gasteiger charge is -2.13. The first-order valence-corrected chi connectivity index (χ1v) is 9.57. The molecule has 0 fully saturated rings. The van der Waals surface area contributed by atoms with E-state index in [1.807, 2.05) is 36.4 Å². The molecule has 0 aliphatic rings. The largest absolute Gasteiger partial charge is 0.320 e. The third-order valence-electron chi connectivity index (χ3n) is 4.45. The number of anilines is 1. The standard InChI is InChI=1S/C22H15Cl2N3O2/c23-16-8-9-18(24)19(12-16)26-21(28)17-11-15-7-4-10-25-20(15)27(22(17)29)13-14-5-2-1-3-6-14/h1-12H,13H2,(H,26,28). The monoisotopic (exact) mass is 423 g/mol. The van der Waals surface area contributed by atoms with Crippen molar-refractivity contribution < 1.29 is 4.79 Å². The van der Waals surface area contributed by atoms with Gasteiger partial charge in [0.05, 0.1) is 17.3 Å². The molecule has 2 aromatic heterocycles. The van der Waals surface area contributed by atoms with Crippen LogP contribution in [0.3, 0.4) is 0 Å². The predicted octanol–water partition coefficient (Wildman–Crippen LogP) is 5.00. The fraction of sp³-hybridized carbons (Fsp3) is 0.0455. The molecule has 4 aromatic rings. The van der Waals surface area contributed by atoms with Crippen molar-refractivity contribution in [3.05, 3.63) is 104 Å². The summed E-state index contributed by atoms with van der Waals surface area (Å²) < 4.78 is 1.50. The Bertz CT molecular complexity index is 1270. The SMILES string of the molecule is O=C(Nc1cc(Cl)ccc1Cl)c1cc2cccnc2n(Cc2ccccc2)c1=O. The zero-order valence-electron chi connectivity index (χ0n) is 15.1. The summed E-state index contributed by atoms with van der Waals surface area (Å²) in [6.45, 7) is 0.298. The number of fused-ring (bicyclic) bond motifs is 1. The van der Waals surface area contributed by atoms with Crippen molar-refractivity contribution in [2.75, 3.05) is 5.32 Å². The molecule has 2 aromatic carbocycles. The number of aromatic nitrogens is 2. The van der Waals surface area contributed by atoms with Gasteiger partial charge in [0.25, 0.3) is 11.5 Å². The summed E-state index contributed by atoms with van der Waals surface area (Å²) in [5.41, 5.74) is 1.34. The highest BCUT2D eigenvalue weighted by Gasteiger charge is 2.18. The molecule has 0 atom stereocenters. The minimum Gasteiger partial charge on any atom is -0.320 e. The van der Waals surface area contributed by atoms with Crippen LogP contribution < -0.4 is 10.9 Å². The van der Waals surface area contributed by atoms with Crippen molar-refractivity contribution in [3.8, 4) is 0 Å². The molecule has 0 saturated heterocycles. The predicted molar refractivity (Wildman–Crippen MR) is 116 cm³/mol. The number of amides is 1. The Balaban J connectivity index is 1.80. The van der Waals surface area contributed by atoms with Gasteiger partial charge in [-0.3, -0.25) is 14.2 Å². The van der Waals surface area contributed by atoms with E-state index in [9.17, 15) is 9.59 Å². The van der Waals surface area contributed by atoms with Gasteiger partial charge in [0, 0.05) is 16.6 Å². The third kappa shape index (κ3) is 4.01. The molecule has 2 heterocycles. The zero-order valence-corrected chi connectivity index (χ0v) is 16.6. The van der Waals surface area contributed by atoms with Crippen LogP contribution >= 0.6 is 23.2 Å². The number of rotatable bonds is 4. The number of halogens is 2. The van der Waals surface area contributed by atoms with Crippen LogP contribution in [-0.2, 0) is 6.54 Å². The summed E-state index contributed by atoms with van der Waals surface area (Å²) in [6, 6.07) is 19.4. The van der Waals surface area contributed by atoms with Crippen molar-refractivity contribution in [3.63, 3.8) is 0 Å². The molecule has 7 heteroatoms. The molecule has 0 radical (unpaired) electrons. The lowest BCUT2D eigenvalue weighted by atomic mass is 10.1. The molecule has 4 rings (SSSR count). The van der Waals surface area contributed by atoms with Crippen molar-refractivity contribution in [2.45, 2.75) is 6.54 Å². The van der Waals surface area contributed by atoms with Gasteiger partial charge < -0.3 is 5.32 Å². The first kappa shape index (κ1) is 19.2. The summed E-state index contributed by atoms with van der Waals surface area (Å²) in [5, 5.41) is 4.11. The van der Waals surface area contributed by atoms with Gasteiger partial charge in [-0.25, -0.2) is 4.98 Å². The second-order valence-corrected chi connectivity index (χ2v) is 7.27. The van der Waals surface area contributed by atoms with Gasteiger partial charge in [0.1, 0.15) is 11.2 Å². The number of nitrogens with zero attached hydrogens (tertiary/aromatic N) is 2. The van der Waals surface area contributed by atoms with Crippen LogP contribution in [0.4, 0.5) is 5.69 Å². The molecule has 144 valence electrons. The van der Waals surface area contributed by atoms with E-state index in [-0.39, 0.29) is 5.56 Å². The maximum absolute atomic E-state index is 13.2. The summed E-state index contributed by atoms with van der Waals surface area (Å²) in [7, 11) is 0. The van der Waals surface area contributed by atoms with Crippen molar-refractivity contribution in [1.29, 1.82) is 0 Å². The van der Waals surface area contributed by atoms with Crippen LogP contribution in [0, 0.1) is 0 Å². The number of carbonyl (C=O) groups excluding carboxylic acids is 1. The number of nitrogens with one attached hydrogen (secondary N) is 1. The lowest BCUT2D eigenvalue weighted by Crippen LogP contribution is -2.30. The van der Waals surface area contributed by atoms with E-state index in [0.29, 0.717) is 33.3 Å². The van der Waals surface area contributed by atoms with Gasteiger partial charge in [-0.1, -0.05) is 53.5 Å². The second kappa shape index (κ2) is 8.07. The zero-order chi connectivity index (χ0) is 20.4. The Morgan fingerprint density at radius 1 is 1.00 bits per heavy atom. The van der Waals surface area contributed by atoms with Crippen LogP contribution in [0.25, 0.3) is 11.0 Å². The van der Waals surface area contributed by atoms with E-state index >= 15 is 0 Å². The van der Waals surface area contributed by atoms with E-state index in [1.165, 1.54) is 10.6 Å². The summed E-state index contributed by atoms with van der Waals surface area (Å²) in [5.74, 6) is -0.563. The quantitative estimate of drug-likeness (QED) is 0.501.